The van der Waals surface area contributed by atoms with Gasteiger partial charge in [0, 0.05) is 36.0 Å². The van der Waals surface area contributed by atoms with Crippen molar-refractivity contribution in [1.82, 2.24) is 4.98 Å². The summed E-state index contributed by atoms with van der Waals surface area (Å²) in [5.41, 5.74) is 3.37. The Morgan fingerprint density at radius 3 is 2.59 bits per heavy atom. The average Bonchev–Trinajstić information content (AvgIpc) is 2.96. The summed E-state index contributed by atoms with van der Waals surface area (Å²) < 4.78 is 1.19. The van der Waals surface area contributed by atoms with Crippen molar-refractivity contribution in [3.8, 4) is 10.6 Å². The van der Waals surface area contributed by atoms with Crippen LogP contribution >= 0.6 is 23.1 Å². The van der Waals surface area contributed by atoms with E-state index in [9.17, 15) is 0 Å². The number of nitrogens with zero attached hydrogens (tertiary/aromatic N) is 2. The predicted octanol–water partition coefficient (Wildman–Crippen LogP) is 4.11. The number of rotatable bonds is 5. The van der Waals surface area contributed by atoms with Crippen LogP contribution in [0.4, 0.5) is 5.69 Å². The summed E-state index contributed by atoms with van der Waals surface area (Å²) >= 11 is 3.38. The van der Waals surface area contributed by atoms with Crippen molar-refractivity contribution < 1.29 is 5.11 Å². The number of aliphatic hydroxyl groups excluding tert-OH is 1. The molecule has 0 amide bonds. The van der Waals surface area contributed by atoms with Crippen LogP contribution in [0.1, 0.15) is 0 Å². The molecule has 3 nitrogen and oxygen atoms in total. The smallest absolute Gasteiger partial charge is 0.124 e. The second-order valence-corrected chi connectivity index (χ2v) is 7.36. The summed E-state index contributed by atoms with van der Waals surface area (Å²) in [4.78, 5) is 8.00. The van der Waals surface area contributed by atoms with Gasteiger partial charge in [-0.1, -0.05) is 0 Å². The number of benzene rings is 2. The SMILES string of the molecule is CN(C)c1ccc(-c2nc3ccc(SCCO)cc3s2)cc1. The van der Waals surface area contributed by atoms with Crippen LogP contribution in [0.3, 0.4) is 0 Å². The number of aromatic nitrogens is 1. The fourth-order valence-corrected chi connectivity index (χ4v) is 3.96. The van der Waals surface area contributed by atoms with Gasteiger partial charge >= 0.3 is 0 Å². The Kier molecular flexibility index (Phi) is 4.66. The Labute approximate surface area is 138 Å². The minimum atomic E-state index is 0.203. The van der Waals surface area contributed by atoms with Crippen LogP contribution in [0.15, 0.2) is 47.4 Å². The maximum Gasteiger partial charge on any atom is 0.124 e. The molecule has 0 aliphatic rings. The molecule has 0 spiro atoms. The summed E-state index contributed by atoms with van der Waals surface area (Å²) in [7, 11) is 4.08. The van der Waals surface area contributed by atoms with E-state index in [1.165, 1.54) is 15.3 Å². The highest BCUT2D eigenvalue weighted by atomic mass is 32.2. The first kappa shape index (κ1) is 15.3. The number of thioether (sulfide) groups is 1. The number of hydrogen-bond donors (Lipinski definition) is 1. The highest BCUT2D eigenvalue weighted by molar-refractivity contribution is 7.99. The largest absolute Gasteiger partial charge is 0.396 e. The van der Waals surface area contributed by atoms with E-state index < -0.39 is 0 Å². The first-order valence-electron chi connectivity index (χ1n) is 7.09. The van der Waals surface area contributed by atoms with E-state index in [1.54, 1.807) is 23.1 Å². The molecule has 0 atom stereocenters. The molecule has 114 valence electrons. The quantitative estimate of drug-likeness (QED) is 0.714. The summed E-state index contributed by atoms with van der Waals surface area (Å²) in [5.74, 6) is 0.725. The molecule has 0 saturated heterocycles. The first-order chi connectivity index (χ1) is 10.7. The zero-order chi connectivity index (χ0) is 15.5. The first-order valence-corrected chi connectivity index (χ1v) is 8.89. The minimum Gasteiger partial charge on any atom is -0.396 e. The van der Waals surface area contributed by atoms with E-state index in [0.717, 1.165) is 21.8 Å². The highest BCUT2D eigenvalue weighted by Crippen LogP contribution is 2.33. The molecule has 0 radical (unpaired) electrons. The van der Waals surface area contributed by atoms with Gasteiger partial charge in [0.25, 0.3) is 0 Å². The second-order valence-electron chi connectivity index (χ2n) is 5.16. The van der Waals surface area contributed by atoms with Crippen LogP contribution in [-0.4, -0.2) is 36.5 Å². The van der Waals surface area contributed by atoms with E-state index in [4.69, 9.17) is 10.1 Å². The fraction of sp³-hybridized carbons (Fsp3) is 0.235. The van der Waals surface area contributed by atoms with Crippen LogP contribution in [0.5, 0.6) is 0 Å². The van der Waals surface area contributed by atoms with Crippen molar-refractivity contribution in [1.29, 1.82) is 0 Å². The molecule has 0 aliphatic heterocycles. The van der Waals surface area contributed by atoms with Gasteiger partial charge < -0.3 is 10.0 Å². The third-order valence-electron chi connectivity index (χ3n) is 3.35. The number of thiazole rings is 1. The molecule has 1 heterocycles. The lowest BCUT2D eigenvalue weighted by molar-refractivity contribution is 0.322. The van der Waals surface area contributed by atoms with E-state index >= 15 is 0 Å². The van der Waals surface area contributed by atoms with Crippen molar-refractivity contribution in [2.24, 2.45) is 0 Å². The number of hydrogen-bond acceptors (Lipinski definition) is 5. The van der Waals surface area contributed by atoms with Crippen molar-refractivity contribution >= 4 is 39.0 Å². The Morgan fingerprint density at radius 1 is 1.14 bits per heavy atom. The van der Waals surface area contributed by atoms with Crippen molar-refractivity contribution in [3.05, 3.63) is 42.5 Å². The van der Waals surface area contributed by atoms with Crippen LogP contribution in [0.25, 0.3) is 20.8 Å². The summed E-state index contributed by atoms with van der Waals surface area (Å²) in [6.07, 6.45) is 0. The molecule has 0 bridgehead atoms. The minimum absolute atomic E-state index is 0.203. The molecule has 0 fully saturated rings. The van der Waals surface area contributed by atoms with Crippen LogP contribution in [-0.2, 0) is 0 Å². The van der Waals surface area contributed by atoms with Gasteiger partial charge in [0.05, 0.1) is 16.8 Å². The molecule has 0 saturated carbocycles. The van der Waals surface area contributed by atoms with Gasteiger partial charge in [-0.25, -0.2) is 4.98 Å². The number of aliphatic hydroxyl groups is 1. The van der Waals surface area contributed by atoms with Gasteiger partial charge in [0.1, 0.15) is 5.01 Å². The normalized spacial score (nSPS) is 11.0. The fourth-order valence-electron chi connectivity index (χ4n) is 2.18. The third-order valence-corrected chi connectivity index (χ3v) is 5.39. The average molecular weight is 330 g/mol. The van der Waals surface area contributed by atoms with Crippen molar-refractivity contribution in [2.45, 2.75) is 4.90 Å². The van der Waals surface area contributed by atoms with Gasteiger partial charge in [-0.15, -0.1) is 23.1 Å². The Morgan fingerprint density at radius 2 is 1.91 bits per heavy atom. The zero-order valence-electron chi connectivity index (χ0n) is 12.6. The summed E-state index contributed by atoms with van der Waals surface area (Å²) in [6.45, 7) is 0.203. The predicted molar refractivity (Wildman–Crippen MR) is 97.2 cm³/mol. The molecule has 22 heavy (non-hydrogen) atoms. The number of fused-ring (bicyclic) bond motifs is 1. The molecule has 3 rings (SSSR count). The lowest BCUT2D eigenvalue weighted by Crippen LogP contribution is -2.07. The molecule has 3 aromatic rings. The Balaban J connectivity index is 1.90. The topological polar surface area (TPSA) is 36.4 Å². The maximum absolute atomic E-state index is 8.92. The van der Waals surface area contributed by atoms with Crippen molar-refractivity contribution in [3.63, 3.8) is 0 Å². The summed E-state index contributed by atoms with van der Waals surface area (Å²) in [5, 5.41) is 9.97. The lowest BCUT2D eigenvalue weighted by Gasteiger charge is -2.11. The van der Waals surface area contributed by atoms with Crippen LogP contribution < -0.4 is 4.90 Å². The summed E-state index contributed by atoms with van der Waals surface area (Å²) in [6, 6.07) is 14.8. The standard InChI is InChI=1S/C17H18N2OS2/c1-19(2)13-5-3-12(4-6-13)17-18-15-8-7-14(21-10-9-20)11-16(15)22-17/h3-8,11,20H,9-10H2,1-2H3. The highest BCUT2D eigenvalue weighted by Gasteiger charge is 2.07. The lowest BCUT2D eigenvalue weighted by atomic mass is 10.2. The molecule has 5 heteroatoms. The maximum atomic E-state index is 8.92. The van der Waals surface area contributed by atoms with Gasteiger partial charge in [0.15, 0.2) is 0 Å². The molecule has 1 N–H and O–H groups in total. The van der Waals surface area contributed by atoms with E-state index in [-0.39, 0.29) is 6.61 Å². The Bertz CT molecular complexity index is 766. The third kappa shape index (κ3) is 3.27. The van der Waals surface area contributed by atoms with Gasteiger partial charge in [-0.2, -0.15) is 0 Å². The molecular weight excluding hydrogens is 312 g/mol. The Hall–Kier alpha value is -1.56. The van der Waals surface area contributed by atoms with Gasteiger partial charge in [-0.3, -0.25) is 0 Å². The molecular formula is C17H18N2OS2. The zero-order valence-corrected chi connectivity index (χ0v) is 14.2. The van der Waals surface area contributed by atoms with Crippen LogP contribution in [0.2, 0.25) is 0 Å². The molecule has 0 aliphatic carbocycles. The van der Waals surface area contributed by atoms with Gasteiger partial charge in [-0.05, 0) is 42.5 Å². The molecule has 0 unspecified atom stereocenters. The van der Waals surface area contributed by atoms with E-state index in [2.05, 4.69) is 47.4 Å². The second kappa shape index (κ2) is 6.69. The van der Waals surface area contributed by atoms with E-state index in [1.807, 2.05) is 14.1 Å². The molecule has 2 aromatic carbocycles. The van der Waals surface area contributed by atoms with Gasteiger partial charge in [0.2, 0.25) is 0 Å². The van der Waals surface area contributed by atoms with Crippen LogP contribution in [0, 0.1) is 0 Å². The number of anilines is 1. The van der Waals surface area contributed by atoms with Crippen molar-refractivity contribution in [2.75, 3.05) is 31.4 Å². The molecule has 1 aromatic heterocycles. The monoisotopic (exact) mass is 330 g/mol. The van der Waals surface area contributed by atoms with E-state index in [0.29, 0.717) is 0 Å².